The van der Waals surface area contributed by atoms with Crippen LogP contribution >= 0.6 is 0 Å². The first-order valence-electron chi connectivity index (χ1n) is 6.55. The van der Waals surface area contributed by atoms with Gasteiger partial charge in [-0.1, -0.05) is 0 Å². The summed E-state index contributed by atoms with van der Waals surface area (Å²) in [5, 5.41) is 3.22. The minimum absolute atomic E-state index is 0.530. The Balaban J connectivity index is 1.68. The van der Waals surface area contributed by atoms with Crippen molar-refractivity contribution in [3.8, 4) is 11.6 Å². The van der Waals surface area contributed by atoms with Crippen LogP contribution in [0.4, 0.5) is 0 Å². The maximum atomic E-state index is 10.5. The predicted molar refractivity (Wildman–Crippen MR) is 77.6 cm³/mol. The Kier molecular flexibility index (Phi) is 5.66. The molecule has 0 saturated heterocycles. The third-order valence-electron chi connectivity index (χ3n) is 2.78. The number of carbonyl (C=O) groups is 1. The summed E-state index contributed by atoms with van der Waals surface area (Å²) in [4.78, 5) is 18.6. The quantitative estimate of drug-likeness (QED) is 0.585. The lowest BCUT2D eigenvalue weighted by molar-refractivity contribution is 0.112. The van der Waals surface area contributed by atoms with Gasteiger partial charge in [0.05, 0.1) is 12.8 Å². The van der Waals surface area contributed by atoms with Gasteiger partial charge < -0.3 is 14.8 Å². The number of methoxy groups -OCH3 is 1. The molecule has 0 aliphatic rings. The van der Waals surface area contributed by atoms with Gasteiger partial charge in [-0.2, -0.15) is 0 Å². The van der Waals surface area contributed by atoms with E-state index in [4.69, 9.17) is 9.47 Å². The Morgan fingerprint density at radius 1 is 1.24 bits per heavy atom. The van der Waals surface area contributed by atoms with Crippen LogP contribution < -0.4 is 14.8 Å². The molecule has 0 atom stereocenters. The van der Waals surface area contributed by atoms with Gasteiger partial charge in [-0.25, -0.2) is 9.97 Å². The molecule has 0 aliphatic heterocycles. The van der Waals surface area contributed by atoms with Crippen molar-refractivity contribution in [2.75, 3.05) is 20.3 Å². The standard InChI is InChI=1S/C15H17N3O3/c1-20-15-8-13(17-11-18-15)9-16-6-7-21-14-4-2-12(10-19)3-5-14/h2-5,8,10-11,16H,6-7,9H2,1H3. The lowest BCUT2D eigenvalue weighted by Gasteiger charge is -2.08. The summed E-state index contributed by atoms with van der Waals surface area (Å²) in [5.74, 6) is 1.29. The minimum atomic E-state index is 0.530. The van der Waals surface area contributed by atoms with Gasteiger partial charge in [0.25, 0.3) is 0 Å². The molecule has 0 bridgehead atoms. The normalized spacial score (nSPS) is 10.1. The molecule has 0 unspecified atom stereocenters. The summed E-state index contributed by atoms with van der Waals surface area (Å²) in [7, 11) is 1.57. The van der Waals surface area contributed by atoms with Crippen molar-refractivity contribution in [3.05, 3.63) is 47.9 Å². The summed E-state index contributed by atoms with van der Waals surface area (Å²) in [6.07, 6.45) is 2.28. The first-order valence-corrected chi connectivity index (χ1v) is 6.55. The van der Waals surface area contributed by atoms with E-state index in [1.165, 1.54) is 6.33 Å². The molecule has 2 aromatic rings. The van der Waals surface area contributed by atoms with Gasteiger partial charge in [-0.3, -0.25) is 4.79 Å². The van der Waals surface area contributed by atoms with Crippen LogP contribution in [0.5, 0.6) is 11.6 Å². The monoisotopic (exact) mass is 287 g/mol. The van der Waals surface area contributed by atoms with E-state index >= 15 is 0 Å². The summed E-state index contributed by atoms with van der Waals surface area (Å²) in [6.45, 7) is 1.83. The van der Waals surface area contributed by atoms with Gasteiger partial charge in [-0.05, 0) is 24.3 Å². The van der Waals surface area contributed by atoms with Crippen molar-refractivity contribution < 1.29 is 14.3 Å². The second kappa shape index (κ2) is 7.96. The molecule has 6 nitrogen and oxygen atoms in total. The number of hydrogen-bond acceptors (Lipinski definition) is 6. The zero-order valence-electron chi connectivity index (χ0n) is 11.8. The molecule has 21 heavy (non-hydrogen) atoms. The SMILES string of the molecule is COc1cc(CNCCOc2ccc(C=O)cc2)ncn1. The molecule has 0 spiro atoms. The van der Waals surface area contributed by atoms with Gasteiger partial charge in [0, 0.05) is 24.7 Å². The lowest BCUT2D eigenvalue weighted by atomic mass is 10.2. The fraction of sp³-hybridized carbons (Fsp3) is 0.267. The molecule has 1 aromatic carbocycles. The molecule has 0 aliphatic carbocycles. The smallest absolute Gasteiger partial charge is 0.216 e. The molecule has 6 heteroatoms. The molecule has 1 aromatic heterocycles. The Morgan fingerprint density at radius 3 is 2.76 bits per heavy atom. The summed E-state index contributed by atoms with van der Waals surface area (Å²) in [6, 6.07) is 8.79. The van der Waals surface area contributed by atoms with Gasteiger partial charge >= 0.3 is 0 Å². The van der Waals surface area contributed by atoms with Crippen LogP contribution in [0.1, 0.15) is 16.1 Å². The summed E-state index contributed by atoms with van der Waals surface area (Å²) < 4.78 is 10.6. The van der Waals surface area contributed by atoms with Crippen LogP contribution in [0.25, 0.3) is 0 Å². The average Bonchev–Trinajstić information content (AvgIpc) is 2.55. The van der Waals surface area contributed by atoms with Crippen LogP contribution in [0.2, 0.25) is 0 Å². The van der Waals surface area contributed by atoms with Crippen LogP contribution in [0.3, 0.4) is 0 Å². The van der Waals surface area contributed by atoms with Crippen LogP contribution in [0.15, 0.2) is 36.7 Å². The molecule has 1 N–H and O–H groups in total. The van der Waals surface area contributed by atoms with E-state index < -0.39 is 0 Å². The highest BCUT2D eigenvalue weighted by atomic mass is 16.5. The van der Waals surface area contributed by atoms with Crippen molar-refractivity contribution in [1.29, 1.82) is 0 Å². The molecule has 1 heterocycles. The second-order valence-electron chi connectivity index (χ2n) is 4.26. The van der Waals surface area contributed by atoms with Crippen molar-refractivity contribution in [2.24, 2.45) is 0 Å². The zero-order chi connectivity index (χ0) is 14.9. The maximum Gasteiger partial charge on any atom is 0.216 e. The average molecular weight is 287 g/mol. The Bertz CT molecular complexity index is 573. The van der Waals surface area contributed by atoms with Crippen LogP contribution in [-0.2, 0) is 6.54 Å². The number of aromatic nitrogens is 2. The number of ether oxygens (including phenoxy) is 2. The van der Waals surface area contributed by atoms with E-state index in [0.717, 1.165) is 17.7 Å². The molecular weight excluding hydrogens is 270 g/mol. The Hall–Kier alpha value is -2.47. The molecule has 110 valence electrons. The van der Waals surface area contributed by atoms with Crippen molar-refractivity contribution in [3.63, 3.8) is 0 Å². The molecule has 0 radical (unpaired) electrons. The highest BCUT2D eigenvalue weighted by molar-refractivity contribution is 5.74. The number of hydrogen-bond donors (Lipinski definition) is 1. The number of aldehydes is 1. The zero-order valence-corrected chi connectivity index (χ0v) is 11.8. The van der Waals surface area contributed by atoms with E-state index in [1.807, 2.05) is 0 Å². The number of carbonyl (C=O) groups excluding carboxylic acids is 1. The van der Waals surface area contributed by atoms with E-state index in [2.05, 4.69) is 15.3 Å². The van der Waals surface area contributed by atoms with Gasteiger partial charge in [0.2, 0.25) is 5.88 Å². The topological polar surface area (TPSA) is 73.3 Å². The lowest BCUT2D eigenvalue weighted by Crippen LogP contribution is -2.21. The number of nitrogens with zero attached hydrogens (tertiary/aromatic N) is 2. The third kappa shape index (κ3) is 4.85. The second-order valence-corrected chi connectivity index (χ2v) is 4.26. The molecule has 0 fully saturated rings. The highest BCUT2D eigenvalue weighted by Gasteiger charge is 1.99. The van der Waals surface area contributed by atoms with E-state index in [0.29, 0.717) is 31.1 Å². The van der Waals surface area contributed by atoms with Gasteiger partial charge in [-0.15, -0.1) is 0 Å². The van der Waals surface area contributed by atoms with E-state index in [-0.39, 0.29) is 0 Å². The molecular formula is C15H17N3O3. The first-order chi connectivity index (χ1) is 10.3. The van der Waals surface area contributed by atoms with E-state index in [1.54, 1.807) is 37.4 Å². The summed E-state index contributed by atoms with van der Waals surface area (Å²) >= 11 is 0. The van der Waals surface area contributed by atoms with Crippen LogP contribution in [-0.4, -0.2) is 36.5 Å². The molecule has 0 amide bonds. The first kappa shape index (κ1) is 14.9. The van der Waals surface area contributed by atoms with Gasteiger partial charge in [0.1, 0.15) is 25.0 Å². The predicted octanol–water partition coefficient (Wildman–Crippen LogP) is 1.47. The largest absolute Gasteiger partial charge is 0.492 e. The fourth-order valence-corrected chi connectivity index (χ4v) is 1.69. The minimum Gasteiger partial charge on any atom is -0.492 e. The third-order valence-corrected chi connectivity index (χ3v) is 2.78. The summed E-state index contributed by atoms with van der Waals surface area (Å²) in [5.41, 5.74) is 1.50. The molecule has 2 rings (SSSR count). The van der Waals surface area contributed by atoms with Gasteiger partial charge in [0.15, 0.2) is 0 Å². The maximum absolute atomic E-state index is 10.5. The van der Waals surface area contributed by atoms with Crippen LogP contribution in [0, 0.1) is 0 Å². The Labute approximate surface area is 123 Å². The number of benzene rings is 1. The van der Waals surface area contributed by atoms with Crippen molar-refractivity contribution in [2.45, 2.75) is 6.54 Å². The fourth-order valence-electron chi connectivity index (χ4n) is 1.69. The van der Waals surface area contributed by atoms with E-state index in [9.17, 15) is 4.79 Å². The van der Waals surface area contributed by atoms with Crippen molar-refractivity contribution >= 4 is 6.29 Å². The van der Waals surface area contributed by atoms with Crippen molar-refractivity contribution in [1.82, 2.24) is 15.3 Å². The number of rotatable bonds is 8. The number of nitrogens with one attached hydrogen (secondary N) is 1. The highest BCUT2D eigenvalue weighted by Crippen LogP contribution is 2.10. The Morgan fingerprint density at radius 2 is 2.05 bits per heavy atom. The molecule has 0 saturated carbocycles.